The molecule has 1 aliphatic rings. The fourth-order valence-electron chi connectivity index (χ4n) is 1.91. The summed E-state index contributed by atoms with van der Waals surface area (Å²) in [5, 5.41) is 9.35. The van der Waals surface area contributed by atoms with Crippen LogP contribution in [0.5, 0.6) is 5.75 Å². The first-order chi connectivity index (χ1) is 6.80. The molecule has 0 radical (unpaired) electrons. The van der Waals surface area contributed by atoms with Gasteiger partial charge in [-0.2, -0.15) is 0 Å². The normalized spacial score (nSPS) is 18.7. The van der Waals surface area contributed by atoms with E-state index in [1.165, 1.54) is 6.42 Å². The van der Waals surface area contributed by atoms with Crippen molar-refractivity contribution in [2.45, 2.75) is 24.7 Å². The molecule has 2 rings (SSSR count). The fraction of sp³-hybridized carbons (Fsp3) is 0.545. The number of aliphatic hydroxyl groups excluding tert-OH is 1. The predicted octanol–water partition coefficient (Wildman–Crippen LogP) is 1.50. The summed E-state index contributed by atoms with van der Waals surface area (Å²) in [5.41, 5.74) is 0.929. The molecular weight excluding hydrogens is 178 g/mol. The Morgan fingerprint density at radius 1 is 1.50 bits per heavy atom. The Hall–Kier alpha value is -1.09. The van der Waals surface area contributed by atoms with Gasteiger partial charge in [-0.25, -0.2) is 0 Å². The van der Waals surface area contributed by atoms with Gasteiger partial charge in [0.25, 0.3) is 0 Å². The van der Waals surface area contributed by atoms with Crippen molar-refractivity contribution in [2.24, 2.45) is 0 Å². The first kappa shape index (κ1) is 9.46. The van der Waals surface area contributed by atoms with Crippen molar-refractivity contribution in [3.05, 3.63) is 24.0 Å². The summed E-state index contributed by atoms with van der Waals surface area (Å²) in [7, 11) is 1.63. The molecule has 1 saturated carbocycles. The SMILES string of the molecule is COc1ccc(C2(CO)CCC2)nc1. The van der Waals surface area contributed by atoms with Crippen molar-refractivity contribution in [3.63, 3.8) is 0 Å². The molecule has 1 aromatic rings. The van der Waals surface area contributed by atoms with Crippen LogP contribution in [0.25, 0.3) is 0 Å². The number of aromatic nitrogens is 1. The van der Waals surface area contributed by atoms with E-state index in [0.717, 1.165) is 24.3 Å². The van der Waals surface area contributed by atoms with E-state index in [1.54, 1.807) is 13.3 Å². The average Bonchev–Trinajstić information content (AvgIpc) is 2.18. The lowest BCUT2D eigenvalue weighted by Gasteiger charge is -2.39. The average molecular weight is 193 g/mol. The lowest BCUT2D eigenvalue weighted by Crippen LogP contribution is -2.38. The van der Waals surface area contributed by atoms with E-state index < -0.39 is 0 Å². The Morgan fingerprint density at radius 2 is 2.29 bits per heavy atom. The van der Waals surface area contributed by atoms with E-state index in [-0.39, 0.29) is 12.0 Å². The monoisotopic (exact) mass is 193 g/mol. The second kappa shape index (κ2) is 3.58. The summed E-state index contributed by atoms with van der Waals surface area (Å²) in [6.07, 6.45) is 4.99. The van der Waals surface area contributed by atoms with Crippen molar-refractivity contribution >= 4 is 0 Å². The summed E-state index contributed by atoms with van der Waals surface area (Å²) in [6.45, 7) is 0.201. The van der Waals surface area contributed by atoms with E-state index in [1.807, 2.05) is 12.1 Å². The van der Waals surface area contributed by atoms with Gasteiger partial charge in [0.2, 0.25) is 0 Å². The molecule has 0 bridgehead atoms. The molecule has 3 nitrogen and oxygen atoms in total. The van der Waals surface area contributed by atoms with Gasteiger partial charge in [-0.15, -0.1) is 0 Å². The highest BCUT2D eigenvalue weighted by atomic mass is 16.5. The van der Waals surface area contributed by atoms with Crippen LogP contribution in [-0.2, 0) is 5.41 Å². The summed E-state index contributed by atoms with van der Waals surface area (Å²) >= 11 is 0. The maximum atomic E-state index is 9.35. The molecule has 76 valence electrons. The third kappa shape index (κ3) is 1.38. The molecule has 0 aromatic carbocycles. The number of rotatable bonds is 3. The molecule has 14 heavy (non-hydrogen) atoms. The zero-order valence-electron chi connectivity index (χ0n) is 8.36. The van der Waals surface area contributed by atoms with Gasteiger partial charge >= 0.3 is 0 Å². The van der Waals surface area contributed by atoms with Crippen molar-refractivity contribution in [3.8, 4) is 5.75 Å². The van der Waals surface area contributed by atoms with Crippen LogP contribution in [0.3, 0.4) is 0 Å². The van der Waals surface area contributed by atoms with Crippen molar-refractivity contribution in [1.82, 2.24) is 4.98 Å². The number of nitrogens with zero attached hydrogens (tertiary/aromatic N) is 1. The van der Waals surface area contributed by atoms with E-state index in [0.29, 0.717) is 0 Å². The molecular formula is C11H15NO2. The smallest absolute Gasteiger partial charge is 0.137 e. The Labute approximate surface area is 83.7 Å². The minimum atomic E-state index is -0.0632. The lowest BCUT2D eigenvalue weighted by molar-refractivity contribution is 0.116. The fourth-order valence-corrected chi connectivity index (χ4v) is 1.91. The van der Waals surface area contributed by atoms with Crippen LogP contribution in [-0.4, -0.2) is 23.8 Å². The first-order valence-corrected chi connectivity index (χ1v) is 4.92. The van der Waals surface area contributed by atoms with Crippen LogP contribution >= 0.6 is 0 Å². The number of pyridine rings is 1. The molecule has 0 aliphatic heterocycles. The van der Waals surface area contributed by atoms with E-state index in [9.17, 15) is 5.11 Å². The van der Waals surface area contributed by atoms with E-state index in [2.05, 4.69) is 4.98 Å². The van der Waals surface area contributed by atoms with Gasteiger partial charge in [-0.3, -0.25) is 4.98 Å². The van der Waals surface area contributed by atoms with Crippen LogP contribution in [0.1, 0.15) is 25.0 Å². The number of ether oxygens (including phenoxy) is 1. The van der Waals surface area contributed by atoms with Gasteiger partial charge in [0.1, 0.15) is 5.75 Å². The molecule has 1 heterocycles. The number of methoxy groups -OCH3 is 1. The highest BCUT2D eigenvalue weighted by Gasteiger charge is 2.39. The maximum absolute atomic E-state index is 9.35. The third-order valence-corrected chi connectivity index (χ3v) is 3.13. The van der Waals surface area contributed by atoms with Crippen LogP contribution in [0, 0.1) is 0 Å². The minimum absolute atomic E-state index is 0.0632. The zero-order valence-corrected chi connectivity index (χ0v) is 8.36. The Bertz CT molecular complexity index is 298. The van der Waals surface area contributed by atoms with E-state index >= 15 is 0 Å². The lowest BCUT2D eigenvalue weighted by atomic mass is 9.67. The summed E-state index contributed by atoms with van der Waals surface area (Å²) in [6, 6.07) is 3.85. The van der Waals surface area contributed by atoms with Crippen LogP contribution in [0.2, 0.25) is 0 Å². The predicted molar refractivity (Wildman–Crippen MR) is 53.4 cm³/mol. The second-order valence-corrected chi connectivity index (χ2v) is 3.88. The molecule has 0 unspecified atom stereocenters. The largest absolute Gasteiger partial charge is 0.495 e. The minimum Gasteiger partial charge on any atom is -0.495 e. The third-order valence-electron chi connectivity index (χ3n) is 3.13. The topological polar surface area (TPSA) is 42.4 Å². The zero-order chi connectivity index (χ0) is 10.0. The standard InChI is InChI=1S/C11H15NO2/c1-14-9-3-4-10(12-7-9)11(8-13)5-2-6-11/h3-4,7,13H,2,5-6,8H2,1H3. The Balaban J connectivity index is 2.23. The molecule has 1 N–H and O–H groups in total. The molecule has 3 heteroatoms. The molecule has 1 aliphatic carbocycles. The van der Waals surface area contributed by atoms with Gasteiger partial charge in [0.15, 0.2) is 0 Å². The Kier molecular flexibility index (Phi) is 2.42. The first-order valence-electron chi connectivity index (χ1n) is 4.92. The van der Waals surface area contributed by atoms with Crippen molar-refractivity contribution < 1.29 is 9.84 Å². The van der Waals surface area contributed by atoms with E-state index in [4.69, 9.17) is 4.74 Å². The van der Waals surface area contributed by atoms with Crippen molar-refractivity contribution in [2.75, 3.05) is 13.7 Å². The van der Waals surface area contributed by atoms with Gasteiger partial charge in [0, 0.05) is 11.1 Å². The molecule has 1 fully saturated rings. The summed E-state index contributed by atoms with van der Waals surface area (Å²) in [5.74, 6) is 0.765. The molecule has 1 aromatic heterocycles. The van der Waals surface area contributed by atoms with Crippen LogP contribution in [0.15, 0.2) is 18.3 Å². The van der Waals surface area contributed by atoms with Gasteiger partial charge in [-0.05, 0) is 25.0 Å². The number of hydrogen-bond acceptors (Lipinski definition) is 3. The number of aliphatic hydroxyl groups is 1. The summed E-state index contributed by atoms with van der Waals surface area (Å²) < 4.78 is 5.04. The van der Waals surface area contributed by atoms with Gasteiger partial charge in [0.05, 0.1) is 19.9 Å². The quantitative estimate of drug-likeness (QED) is 0.791. The van der Waals surface area contributed by atoms with Gasteiger partial charge in [-0.1, -0.05) is 6.42 Å². The summed E-state index contributed by atoms with van der Waals surface area (Å²) in [4.78, 5) is 4.33. The number of hydrogen-bond donors (Lipinski definition) is 1. The molecule has 0 amide bonds. The molecule has 0 saturated heterocycles. The second-order valence-electron chi connectivity index (χ2n) is 3.88. The van der Waals surface area contributed by atoms with Gasteiger partial charge < -0.3 is 9.84 Å². The van der Waals surface area contributed by atoms with Crippen LogP contribution < -0.4 is 4.74 Å². The van der Waals surface area contributed by atoms with Crippen molar-refractivity contribution in [1.29, 1.82) is 0 Å². The Morgan fingerprint density at radius 3 is 2.64 bits per heavy atom. The molecule has 0 spiro atoms. The highest BCUT2D eigenvalue weighted by Crippen LogP contribution is 2.42. The molecule has 0 atom stereocenters. The maximum Gasteiger partial charge on any atom is 0.137 e. The highest BCUT2D eigenvalue weighted by molar-refractivity contribution is 5.26. The van der Waals surface area contributed by atoms with Crippen LogP contribution in [0.4, 0.5) is 0 Å².